The number of imidazole rings is 1. The highest BCUT2D eigenvalue weighted by Gasteiger charge is 2.28. The van der Waals surface area contributed by atoms with Crippen LogP contribution in [0.3, 0.4) is 0 Å². The molecule has 1 atom stereocenters. The number of hydrogen-bond donors (Lipinski definition) is 1. The topological polar surface area (TPSA) is 64.0 Å². The molecule has 1 amide bonds. The summed E-state index contributed by atoms with van der Waals surface area (Å²) < 4.78 is 1.51. The Bertz CT molecular complexity index is 383. The number of fused-ring (bicyclic) bond motifs is 1. The number of hydrogen-bond acceptors (Lipinski definition) is 3. The SMILES string of the molecule is CNC(=O)[C@H]1CC(=O)n2cncc2C1. The van der Waals surface area contributed by atoms with Gasteiger partial charge >= 0.3 is 0 Å². The van der Waals surface area contributed by atoms with E-state index in [0.29, 0.717) is 6.42 Å². The highest BCUT2D eigenvalue weighted by Crippen LogP contribution is 2.19. The summed E-state index contributed by atoms with van der Waals surface area (Å²) in [6.07, 6.45) is 3.99. The zero-order valence-corrected chi connectivity index (χ0v) is 7.86. The molecule has 0 fully saturated rings. The van der Waals surface area contributed by atoms with Gasteiger partial charge < -0.3 is 5.32 Å². The van der Waals surface area contributed by atoms with E-state index in [-0.39, 0.29) is 24.2 Å². The van der Waals surface area contributed by atoms with Crippen LogP contribution >= 0.6 is 0 Å². The van der Waals surface area contributed by atoms with Crippen molar-refractivity contribution in [3.05, 3.63) is 18.2 Å². The van der Waals surface area contributed by atoms with Crippen LogP contribution in [0.2, 0.25) is 0 Å². The van der Waals surface area contributed by atoms with Crippen LogP contribution in [0.5, 0.6) is 0 Å². The fourth-order valence-corrected chi connectivity index (χ4v) is 1.72. The standard InChI is InChI=1S/C9H11N3O2/c1-10-9(14)6-2-7-4-11-5-12(7)8(13)3-6/h4-6H,2-3H2,1H3,(H,10,14)/t6-/m1/s1. The maximum atomic E-state index is 11.5. The number of aromatic nitrogens is 2. The third-order valence-corrected chi connectivity index (χ3v) is 2.48. The van der Waals surface area contributed by atoms with Gasteiger partial charge in [0.1, 0.15) is 6.33 Å². The molecule has 1 N–H and O–H groups in total. The lowest BCUT2D eigenvalue weighted by Crippen LogP contribution is -2.35. The van der Waals surface area contributed by atoms with Gasteiger partial charge in [0, 0.05) is 31.8 Å². The van der Waals surface area contributed by atoms with E-state index >= 15 is 0 Å². The van der Waals surface area contributed by atoms with E-state index in [0.717, 1.165) is 5.69 Å². The Balaban J connectivity index is 2.25. The van der Waals surface area contributed by atoms with Gasteiger partial charge in [-0.1, -0.05) is 0 Å². The highest BCUT2D eigenvalue weighted by atomic mass is 16.2. The summed E-state index contributed by atoms with van der Waals surface area (Å²) in [5.41, 5.74) is 0.815. The van der Waals surface area contributed by atoms with Crippen molar-refractivity contribution in [2.24, 2.45) is 5.92 Å². The van der Waals surface area contributed by atoms with Gasteiger partial charge in [-0.25, -0.2) is 4.98 Å². The molecule has 0 radical (unpaired) electrons. The van der Waals surface area contributed by atoms with E-state index in [1.165, 1.54) is 10.9 Å². The third kappa shape index (κ3) is 1.30. The normalized spacial score (nSPS) is 20.4. The molecule has 1 aromatic heterocycles. The van der Waals surface area contributed by atoms with E-state index < -0.39 is 0 Å². The quantitative estimate of drug-likeness (QED) is 0.673. The molecule has 5 nitrogen and oxygen atoms in total. The Hall–Kier alpha value is -1.65. The molecular formula is C9H11N3O2. The molecule has 0 aliphatic carbocycles. The monoisotopic (exact) mass is 193 g/mol. The minimum atomic E-state index is -0.239. The van der Waals surface area contributed by atoms with Crippen LogP contribution in [0.4, 0.5) is 0 Å². The van der Waals surface area contributed by atoms with E-state index in [9.17, 15) is 9.59 Å². The minimum absolute atomic E-state index is 0.0580. The Kier molecular flexibility index (Phi) is 2.07. The average molecular weight is 193 g/mol. The van der Waals surface area contributed by atoms with Crippen LogP contribution in [-0.4, -0.2) is 28.4 Å². The van der Waals surface area contributed by atoms with Crippen molar-refractivity contribution in [3.63, 3.8) is 0 Å². The van der Waals surface area contributed by atoms with Gasteiger partial charge in [-0.3, -0.25) is 14.2 Å². The Morgan fingerprint density at radius 1 is 1.64 bits per heavy atom. The fourth-order valence-electron chi connectivity index (χ4n) is 1.72. The number of carbonyl (C=O) groups excluding carboxylic acids is 2. The summed E-state index contributed by atoms with van der Waals surface area (Å²) in [7, 11) is 1.58. The van der Waals surface area contributed by atoms with Crippen molar-refractivity contribution in [3.8, 4) is 0 Å². The first-order valence-corrected chi connectivity index (χ1v) is 4.48. The van der Waals surface area contributed by atoms with Crippen LogP contribution < -0.4 is 5.32 Å². The van der Waals surface area contributed by atoms with Crippen LogP contribution in [0.15, 0.2) is 12.5 Å². The van der Waals surface area contributed by atoms with Gasteiger partial charge in [-0.15, -0.1) is 0 Å². The molecule has 5 heteroatoms. The second-order valence-corrected chi connectivity index (χ2v) is 3.37. The lowest BCUT2D eigenvalue weighted by molar-refractivity contribution is -0.124. The van der Waals surface area contributed by atoms with Gasteiger partial charge in [0.25, 0.3) is 0 Å². The van der Waals surface area contributed by atoms with Crippen LogP contribution in [0, 0.1) is 5.92 Å². The highest BCUT2D eigenvalue weighted by molar-refractivity contribution is 5.88. The molecular weight excluding hydrogens is 182 g/mol. The second kappa shape index (κ2) is 3.25. The molecule has 0 spiro atoms. The van der Waals surface area contributed by atoms with Crippen molar-refractivity contribution in [1.29, 1.82) is 0 Å². The first-order valence-electron chi connectivity index (χ1n) is 4.48. The molecule has 0 saturated heterocycles. The zero-order valence-electron chi connectivity index (χ0n) is 7.86. The molecule has 0 aromatic carbocycles. The van der Waals surface area contributed by atoms with Crippen molar-refractivity contribution in [1.82, 2.24) is 14.9 Å². The van der Waals surface area contributed by atoms with Crippen molar-refractivity contribution < 1.29 is 9.59 Å². The van der Waals surface area contributed by atoms with E-state index in [1.54, 1.807) is 13.2 Å². The van der Waals surface area contributed by atoms with Crippen molar-refractivity contribution in [2.75, 3.05) is 7.05 Å². The molecule has 14 heavy (non-hydrogen) atoms. The Morgan fingerprint density at radius 2 is 2.43 bits per heavy atom. The Morgan fingerprint density at radius 3 is 3.14 bits per heavy atom. The molecule has 0 unspecified atom stereocenters. The average Bonchev–Trinajstić information content (AvgIpc) is 2.64. The largest absolute Gasteiger partial charge is 0.359 e. The number of nitrogens with one attached hydrogen (secondary N) is 1. The smallest absolute Gasteiger partial charge is 0.232 e. The summed E-state index contributed by atoms with van der Waals surface area (Å²) in [6.45, 7) is 0. The van der Waals surface area contributed by atoms with Crippen molar-refractivity contribution in [2.45, 2.75) is 12.8 Å². The molecule has 0 saturated carbocycles. The van der Waals surface area contributed by atoms with Crippen LogP contribution in [-0.2, 0) is 11.2 Å². The number of nitrogens with zero attached hydrogens (tertiary/aromatic N) is 2. The lowest BCUT2D eigenvalue weighted by Gasteiger charge is -2.20. The molecule has 74 valence electrons. The second-order valence-electron chi connectivity index (χ2n) is 3.37. The zero-order chi connectivity index (χ0) is 10.1. The maximum Gasteiger partial charge on any atom is 0.232 e. The van der Waals surface area contributed by atoms with Crippen molar-refractivity contribution >= 4 is 11.8 Å². The van der Waals surface area contributed by atoms with Gasteiger partial charge in [-0.05, 0) is 0 Å². The third-order valence-electron chi connectivity index (χ3n) is 2.48. The molecule has 0 bridgehead atoms. The van der Waals surface area contributed by atoms with E-state index in [1.807, 2.05) is 0 Å². The Labute approximate surface area is 81.1 Å². The molecule has 2 rings (SSSR count). The summed E-state index contributed by atoms with van der Waals surface area (Å²) in [5.74, 6) is -0.375. The molecule has 1 aliphatic heterocycles. The molecule has 1 aliphatic rings. The van der Waals surface area contributed by atoms with E-state index in [2.05, 4.69) is 10.3 Å². The summed E-state index contributed by atoms with van der Waals surface area (Å²) in [6, 6.07) is 0. The van der Waals surface area contributed by atoms with Gasteiger partial charge in [0.15, 0.2) is 0 Å². The van der Waals surface area contributed by atoms with Gasteiger partial charge in [0.05, 0.1) is 5.92 Å². The first-order chi connectivity index (χ1) is 6.72. The number of rotatable bonds is 1. The predicted molar refractivity (Wildman–Crippen MR) is 48.7 cm³/mol. The minimum Gasteiger partial charge on any atom is -0.359 e. The van der Waals surface area contributed by atoms with Crippen LogP contribution in [0.25, 0.3) is 0 Å². The lowest BCUT2D eigenvalue weighted by atomic mass is 9.95. The van der Waals surface area contributed by atoms with Crippen LogP contribution in [0.1, 0.15) is 16.9 Å². The van der Waals surface area contributed by atoms with Gasteiger partial charge in [0.2, 0.25) is 11.8 Å². The predicted octanol–water partition coefficient (Wildman–Crippen LogP) is -0.168. The summed E-state index contributed by atoms with van der Waals surface area (Å²) in [4.78, 5) is 26.8. The summed E-state index contributed by atoms with van der Waals surface area (Å²) >= 11 is 0. The van der Waals surface area contributed by atoms with E-state index in [4.69, 9.17) is 0 Å². The fraction of sp³-hybridized carbons (Fsp3) is 0.444. The van der Waals surface area contributed by atoms with Gasteiger partial charge in [-0.2, -0.15) is 0 Å². The number of carbonyl (C=O) groups is 2. The summed E-state index contributed by atoms with van der Waals surface area (Å²) in [5, 5.41) is 2.56. The first kappa shape index (κ1) is 8.93. The number of amides is 1. The molecule has 2 heterocycles. The maximum absolute atomic E-state index is 11.5. The molecule has 1 aromatic rings.